The van der Waals surface area contributed by atoms with E-state index in [-0.39, 0.29) is 6.73 Å². The zero-order chi connectivity index (χ0) is 15.5. The fourth-order valence-corrected chi connectivity index (χ4v) is 2.37. The first-order valence-corrected chi connectivity index (χ1v) is 7.56. The van der Waals surface area contributed by atoms with E-state index in [1.807, 2.05) is 0 Å². The van der Waals surface area contributed by atoms with Crippen LogP contribution in [0.5, 0.6) is 5.75 Å². The van der Waals surface area contributed by atoms with Gasteiger partial charge >= 0.3 is 0 Å². The molecule has 0 aliphatic heterocycles. The Hall–Kier alpha value is -2.32. The molecule has 0 radical (unpaired) electrons. The average Bonchev–Trinajstić information content (AvgIpc) is 3.41. The summed E-state index contributed by atoms with van der Waals surface area (Å²) in [5, 5.41) is 18.0. The lowest BCUT2D eigenvalue weighted by molar-refractivity contribution is 0.308. The van der Waals surface area contributed by atoms with E-state index in [0.29, 0.717) is 28.9 Å². The second-order valence-electron chi connectivity index (χ2n) is 5.76. The number of nitrogens with two attached hydrogens (primary N) is 1. The van der Waals surface area contributed by atoms with Crippen LogP contribution in [0.1, 0.15) is 31.2 Å². The minimum Gasteiger partial charge on any atom is -0.454 e. The summed E-state index contributed by atoms with van der Waals surface area (Å²) in [6.07, 6.45) is 4.25. The normalized spacial score (nSPS) is 19.4. The van der Waals surface area contributed by atoms with Crippen molar-refractivity contribution in [1.82, 2.24) is 0 Å². The van der Waals surface area contributed by atoms with E-state index in [1.165, 1.54) is 0 Å². The smallest absolute Gasteiger partial charge is 0.167 e. The van der Waals surface area contributed by atoms with Crippen molar-refractivity contribution in [2.24, 2.45) is 22.6 Å². The van der Waals surface area contributed by atoms with Crippen molar-refractivity contribution >= 4 is 5.71 Å². The summed E-state index contributed by atoms with van der Waals surface area (Å²) >= 11 is 0. The van der Waals surface area contributed by atoms with Crippen molar-refractivity contribution in [2.45, 2.75) is 25.7 Å². The van der Waals surface area contributed by atoms with Gasteiger partial charge in [0, 0.05) is 11.8 Å². The molecular formula is C17H19N3O2. The maximum Gasteiger partial charge on any atom is 0.167 e. The topological polar surface area (TPSA) is 91.6 Å². The van der Waals surface area contributed by atoms with Crippen molar-refractivity contribution in [1.29, 1.82) is 5.26 Å². The van der Waals surface area contributed by atoms with Crippen molar-refractivity contribution in [3.63, 3.8) is 0 Å². The third-order valence-corrected chi connectivity index (χ3v) is 3.92. The van der Waals surface area contributed by atoms with Gasteiger partial charge in [-0.25, -0.2) is 0 Å². The molecule has 5 heteroatoms. The number of allylic oxidation sites excluding steroid dienone is 2. The SMILES string of the molecule is N#Cc1ccc(OC(C(=NCO)C2CC2)=C(N)C2CC2)cc1. The van der Waals surface area contributed by atoms with Gasteiger partial charge in [0.05, 0.1) is 23.0 Å². The number of nitriles is 1. The molecule has 0 heterocycles. The predicted molar refractivity (Wildman–Crippen MR) is 83.0 cm³/mol. The van der Waals surface area contributed by atoms with Gasteiger partial charge in [-0.2, -0.15) is 5.26 Å². The van der Waals surface area contributed by atoms with Crippen LogP contribution in [-0.4, -0.2) is 17.5 Å². The Morgan fingerprint density at radius 2 is 1.86 bits per heavy atom. The van der Waals surface area contributed by atoms with E-state index in [1.54, 1.807) is 24.3 Å². The predicted octanol–water partition coefficient (Wildman–Crippen LogP) is 2.32. The van der Waals surface area contributed by atoms with Gasteiger partial charge in [0.25, 0.3) is 0 Å². The summed E-state index contributed by atoms with van der Waals surface area (Å²) in [4.78, 5) is 4.20. The van der Waals surface area contributed by atoms with Crippen molar-refractivity contribution in [3.8, 4) is 11.8 Å². The van der Waals surface area contributed by atoms with Crippen LogP contribution in [-0.2, 0) is 0 Å². The highest BCUT2D eigenvalue weighted by atomic mass is 16.5. The number of nitrogens with zero attached hydrogens (tertiary/aromatic N) is 2. The number of hydrogen-bond donors (Lipinski definition) is 2. The van der Waals surface area contributed by atoms with Crippen LogP contribution in [0.25, 0.3) is 0 Å². The highest BCUT2D eigenvalue weighted by Gasteiger charge is 2.36. The first kappa shape index (κ1) is 14.6. The van der Waals surface area contributed by atoms with Crippen LogP contribution < -0.4 is 10.5 Å². The monoisotopic (exact) mass is 297 g/mol. The molecule has 0 aromatic heterocycles. The molecule has 3 rings (SSSR count). The summed E-state index contributed by atoms with van der Waals surface area (Å²) in [5.41, 5.74) is 8.35. The Balaban J connectivity index is 1.90. The standard InChI is InChI=1S/C17H19N3O2/c18-9-11-1-7-14(8-2-11)22-17(15(19)12-3-4-12)16(20-10-21)13-5-6-13/h1-2,7-8,12-13,21H,3-6,10,19H2. The Morgan fingerprint density at radius 1 is 1.23 bits per heavy atom. The lowest BCUT2D eigenvalue weighted by Crippen LogP contribution is -2.19. The number of rotatable bonds is 6. The Bertz CT molecular complexity index is 647. The van der Waals surface area contributed by atoms with Gasteiger partial charge in [-0.15, -0.1) is 0 Å². The summed E-state index contributed by atoms with van der Waals surface area (Å²) in [6.45, 7) is -0.260. The molecule has 1 aromatic rings. The molecule has 0 unspecified atom stereocenters. The Labute approximate surface area is 129 Å². The lowest BCUT2D eigenvalue weighted by atomic mass is 10.1. The lowest BCUT2D eigenvalue weighted by Gasteiger charge is -2.15. The van der Waals surface area contributed by atoms with Crippen LogP contribution in [0.15, 0.2) is 40.7 Å². The highest BCUT2D eigenvalue weighted by Crippen LogP contribution is 2.40. The summed E-state index contributed by atoms with van der Waals surface area (Å²) in [5.74, 6) is 1.92. The van der Waals surface area contributed by atoms with E-state index >= 15 is 0 Å². The first-order chi connectivity index (χ1) is 10.7. The zero-order valence-corrected chi connectivity index (χ0v) is 12.3. The Kier molecular flexibility index (Phi) is 4.12. The molecule has 2 saturated carbocycles. The highest BCUT2D eigenvalue weighted by molar-refractivity contribution is 6.02. The minimum atomic E-state index is -0.260. The van der Waals surface area contributed by atoms with Crippen LogP contribution >= 0.6 is 0 Å². The van der Waals surface area contributed by atoms with E-state index in [4.69, 9.17) is 15.7 Å². The second kappa shape index (κ2) is 6.20. The quantitative estimate of drug-likeness (QED) is 0.622. The van der Waals surface area contributed by atoms with Crippen molar-refractivity contribution in [2.75, 3.05) is 6.73 Å². The van der Waals surface area contributed by atoms with Crippen LogP contribution in [0.4, 0.5) is 0 Å². The van der Waals surface area contributed by atoms with E-state index < -0.39 is 0 Å². The third-order valence-electron chi connectivity index (χ3n) is 3.92. The van der Waals surface area contributed by atoms with Gasteiger partial charge in [0.15, 0.2) is 5.76 Å². The van der Waals surface area contributed by atoms with Crippen LogP contribution in [0.3, 0.4) is 0 Å². The largest absolute Gasteiger partial charge is 0.454 e. The minimum absolute atomic E-state index is 0.260. The molecule has 22 heavy (non-hydrogen) atoms. The molecule has 2 fully saturated rings. The Morgan fingerprint density at radius 3 is 2.36 bits per heavy atom. The maximum absolute atomic E-state index is 9.19. The summed E-state index contributed by atoms with van der Waals surface area (Å²) in [6, 6.07) is 9.00. The molecule has 0 bridgehead atoms. The van der Waals surface area contributed by atoms with Gasteiger partial charge in [0.1, 0.15) is 12.5 Å². The van der Waals surface area contributed by atoms with Crippen molar-refractivity contribution < 1.29 is 9.84 Å². The molecule has 0 spiro atoms. The molecule has 0 atom stereocenters. The van der Waals surface area contributed by atoms with E-state index in [0.717, 1.165) is 37.1 Å². The van der Waals surface area contributed by atoms with Gasteiger partial charge in [-0.05, 0) is 49.9 Å². The zero-order valence-electron chi connectivity index (χ0n) is 12.3. The first-order valence-electron chi connectivity index (χ1n) is 7.56. The average molecular weight is 297 g/mol. The fraction of sp³-hybridized carbons (Fsp3) is 0.412. The maximum atomic E-state index is 9.19. The summed E-state index contributed by atoms with van der Waals surface area (Å²) < 4.78 is 6.00. The second-order valence-corrected chi connectivity index (χ2v) is 5.76. The van der Waals surface area contributed by atoms with Gasteiger partial charge in [-0.1, -0.05) is 0 Å². The van der Waals surface area contributed by atoms with Crippen molar-refractivity contribution in [3.05, 3.63) is 41.3 Å². The number of hydrogen-bond acceptors (Lipinski definition) is 5. The number of aliphatic hydroxyl groups is 1. The van der Waals surface area contributed by atoms with Crippen LogP contribution in [0, 0.1) is 23.2 Å². The molecule has 3 N–H and O–H groups in total. The fourth-order valence-electron chi connectivity index (χ4n) is 2.37. The van der Waals surface area contributed by atoms with Gasteiger partial charge in [0.2, 0.25) is 0 Å². The molecule has 0 amide bonds. The van der Waals surface area contributed by atoms with E-state index in [2.05, 4.69) is 11.1 Å². The van der Waals surface area contributed by atoms with Gasteiger partial charge in [-0.3, -0.25) is 4.99 Å². The molecule has 2 aliphatic carbocycles. The number of benzene rings is 1. The molecular weight excluding hydrogens is 278 g/mol. The molecule has 5 nitrogen and oxygen atoms in total. The van der Waals surface area contributed by atoms with E-state index in [9.17, 15) is 5.11 Å². The molecule has 0 saturated heterocycles. The molecule has 2 aliphatic rings. The third kappa shape index (κ3) is 3.29. The number of aliphatic imine (C=N–C) groups is 1. The number of aliphatic hydroxyl groups excluding tert-OH is 1. The molecule has 114 valence electrons. The van der Waals surface area contributed by atoms with Gasteiger partial charge < -0.3 is 15.6 Å². The number of ether oxygens (including phenoxy) is 1. The van der Waals surface area contributed by atoms with Crippen LogP contribution in [0.2, 0.25) is 0 Å². The summed E-state index contributed by atoms with van der Waals surface area (Å²) in [7, 11) is 0. The molecule has 1 aromatic carbocycles.